The molecule has 0 saturated carbocycles. The zero-order valence-corrected chi connectivity index (χ0v) is 21.8. The summed E-state index contributed by atoms with van der Waals surface area (Å²) in [7, 11) is 1.59. The number of carbonyl (C=O) groups is 1. The number of fused-ring (bicyclic) bond motifs is 1. The number of para-hydroxylation sites is 2. The van der Waals surface area contributed by atoms with Crippen LogP contribution in [0.1, 0.15) is 5.56 Å². The molecule has 1 aliphatic heterocycles. The standard InChI is InChI=1S/C29H34FN3O6/c1-36-27-6-2-3-7-28(27)37-14-13-32-17-21(35)18-38-26-8-4-5-24-23(26)15-25(33(24)19-34)29(16-31)39-22-11-9-20(30)10-12-22/h2-12,19,21,25,29,32,35H,13-18,31H2,1H3. The highest BCUT2D eigenvalue weighted by molar-refractivity contribution is 5.82. The Kier molecular flexibility index (Phi) is 9.96. The van der Waals surface area contributed by atoms with Crippen LogP contribution in [0.5, 0.6) is 23.0 Å². The Morgan fingerprint density at radius 2 is 1.82 bits per heavy atom. The molecule has 39 heavy (non-hydrogen) atoms. The quantitative estimate of drug-likeness (QED) is 0.199. The van der Waals surface area contributed by atoms with E-state index in [2.05, 4.69) is 5.32 Å². The molecule has 208 valence electrons. The smallest absolute Gasteiger partial charge is 0.214 e. The SMILES string of the molecule is COc1ccccc1OCCNCC(O)COc1cccc2c1CC(C(CN)Oc1ccc(F)cc1)N2C=O. The van der Waals surface area contributed by atoms with Gasteiger partial charge in [0.25, 0.3) is 0 Å². The lowest BCUT2D eigenvalue weighted by atomic mass is 10.0. The van der Waals surface area contributed by atoms with Crippen molar-refractivity contribution in [3.8, 4) is 23.0 Å². The van der Waals surface area contributed by atoms with Crippen LogP contribution in [0.3, 0.4) is 0 Å². The Morgan fingerprint density at radius 3 is 2.54 bits per heavy atom. The third kappa shape index (κ3) is 7.17. The van der Waals surface area contributed by atoms with Gasteiger partial charge in [-0.15, -0.1) is 0 Å². The number of rotatable bonds is 15. The van der Waals surface area contributed by atoms with Crippen molar-refractivity contribution in [3.63, 3.8) is 0 Å². The van der Waals surface area contributed by atoms with Crippen LogP contribution < -0.4 is 34.9 Å². The molecule has 0 aromatic heterocycles. The number of carbonyl (C=O) groups excluding carboxylic acids is 1. The molecule has 0 spiro atoms. The number of hydrogen-bond acceptors (Lipinski definition) is 8. The van der Waals surface area contributed by atoms with Crippen LogP contribution in [0.15, 0.2) is 66.7 Å². The maximum Gasteiger partial charge on any atom is 0.214 e. The minimum absolute atomic E-state index is 0.0645. The van der Waals surface area contributed by atoms with Crippen molar-refractivity contribution in [2.45, 2.75) is 24.7 Å². The third-order valence-electron chi connectivity index (χ3n) is 6.45. The summed E-state index contributed by atoms with van der Waals surface area (Å²) in [6.07, 6.45) is -0.0658. The number of ether oxygens (including phenoxy) is 4. The highest BCUT2D eigenvalue weighted by Crippen LogP contribution is 2.39. The van der Waals surface area contributed by atoms with Gasteiger partial charge in [0, 0.05) is 31.6 Å². The van der Waals surface area contributed by atoms with Crippen LogP contribution in [0.2, 0.25) is 0 Å². The molecule has 0 aliphatic carbocycles. The minimum atomic E-state index is -0.759. The van der Waals surface area contributed by atoms with Gasteiger partial charge >= 0.3 is 0 Å². The molecule has 0 saturated heterocycles. The van der Waals surface area contributed by atoms with Gasteiger partial charge in [-0.05, 0) is 48.5 Å². The monoisotopic (exact) mass is 539 g/mol. The fourth-order valence-corrected chi connectivity index (χ4v) is 4.52. The summed E-state index contributed by atoms with van der Waals surface area (Å²) in [5.41, 5.74) is 7.54. The summed E-state index contributed by atoms with van der Waals surface area (Å²) in [5, 5.41) is 13.6. The molecule has 10 heteroatoms. The van der Waals surface area contributed by atoms with E-state index in [9.17, 15) is 14.3 Å². The van der Waals surface area contributed by atoms with Crippen molar-refractivity contribution >= 4 is 12.1 Å². The van der Waals surface area contributed by atoms with Crippen LogP contribution in [0.25, 0.3) is 0 Å². The van der Waals surface area contributed by atoms with E-state index in [-0.39, 0.29) is 25.0 Å². The van der Waals surface area contributed by atoms with Gasteiger partial charge in [-0.1, -0.05) is 18.2 Å². The summed E-state index contributed by atoms with van der Waals surface area (Å²) in [6.45, 7) is 1.47. The number of nitrogens with two attached hydrogens (primary N) is 1. The summed E-state index contributed by atoms with van der Waals surface area (Å²) in [5.74, 6) is 2.00. The van der Waals surface area contributed by atoms with Crippen molar-refractivity contribution in [3.05, 3.63) is 78.1 Å². The molecule has 0 bridgehead atoms. The molecule has 1 amide bonds. The summed E-state index contributed by atoms with van der Waals surface area (Å²) >= 11 is 0. The number of amides is 1. The van der Waals surface area contributed by atoms with Crippen LogP contribution in [-0.4, -0.2) is 69.7 Å². The Morgan fingerprint density at radius 1 is 1.08 bits per heavy atom. The molecule has 3 atom stereocenters. The molecule has 1 heterocycles. The summed E-state index contributed by atoms with van der Waals surface area (Å²) in [6, 6.07) is 18.2. The number of aliphatic hydroxyl groups is 1. The van der Waals surface area contributed by atoms with E-state index in [1.165, 1.54) is 24.3 Å². The Bertz CT molecular complexity index is 1210. The van der Waals surface area contributed by atoms with E-state index in [1.54, 1.807) is 18.1 Å². The first kappa shape index (κ1) is 28.2. The normalized spacial score (nSPS) is 15.8. The Labute approximate surface area is 227 Å². The largest absolute Gasteiger partial charge is 0.493 e. The molecule has 9 nitrogen and oxygen atoms in total. The second-order valence-corrected chi connectivity index (χ2v) is 9.05. The molecular weight excluding hydrogens is 505 g/mol. The van der Waals surface area contributed by atoms with Crippen LogP contribution in [0.4, 0.5) is 10.1 Å². The van der Waals surface area contributed by atoms with Crippen molar-refractivity contribution in [2.24, 2.45) is 5.73 Å². The van der Waals surface area contributed by atoms with Gasteiger partial charge in [0.05, 0.1) is 18.8 Å². The van der Waals surface area contributed by atoms with E-state index in [0.717, 1.165) is 12.0 Å². The predicted octanol–water partition coefficient (Wildman–Crippen LogP) is 2.54. The van der Waals surface area contributed by atoms with Crippen molar-refractivity contribution < 1.29 is 33.2 Å². The van der Waals surface area contributed by atoms with Gasteiger partial charge < -0.3 is 40.0 Å². The summed E-state index contributed by atoms with van der Waals surface area (Å²) in [4.78, 5) is 13.6. The molecule has 0 radical (unpaired) electrons. The van der Waals surface area contributed by atoms with Crippen molar-refractivity contribution in [1.29, 1.82) is 0 Å². The van der Waals surface area contributed by atoms with Crippen molar-refractivity contribution in [2.75, 3.05) is 44.9 Å². The first-order chi connectivity index (χ1) is 19.0. The Hall–Kier alpha value is -3.86. The molecule has 4 N–H and O–H groups in total. The van der Waals surface area contributed by atoms with E-state index in [1.807, 2.05) is 36.4 Å². The predicted molar refractivity (Wildman–Crippen MR) is 145 cm³/mol. The van der Waals surface area contributed by atoms with E-state index >= 15 is 0 Å². The van der Waals surface area contributed by atoms with Crippen LogP contribution >= 0.6 is 0 Å². The molecule has 3 aromatic carbocycles. The highest BCUT2D eigenvalue weighted by Gasteiger charge is 2.37. The first-order valence-corrected chi connectivity index (χ1v) is 12.8. The lowest BCUT2D eigenvalue weighted by Gasteiger charge is -2.29. The maximum atomic E-state index is 13.3. The van der Waals surface area contributed by atoms with Crippen LogP contribution in [-0.2, 0) is 11.2 Å². The fourth-order valence-electron chi connectivity index (χ4n) is 4.52. The highest BCUT2D eigenvalue weighted by atomic mass is 19.1. The van der Waals surface area contributed by atoms with E-state index < -0.39 is 12.2 Å². The van der Waals surface area contributed by atoms with Gasteiger partial charge in [0.2, 0.25) is 6.41 Å². The molecule has 3 aromatic rings. The molecule has 1 aliphatic rings. The van der Waals surface area contributed by atoms with Gasteiger partial charge in [0.15, 0.2) is 11.5 Å². The zero-order chi connectivity index (χ0) is 27.6. The minimum Gasteiger partial charge on any atom is -0.493 e. The average molecular weight is 540 g/mol. The lowest BCUT2D eigenvalue weighted by molar-refractivity contribution is -0.108. The summed E-state index contributed by atoms with van der Waals surface area (Å²) < 4.78 is 36.2. The van der Waals surface area contributed by atoms with Gasteiger partial charge in [-0.2, -0.15) is 0 Å². The second-order valence-electron chi connectivity index (χ2n) is 9.05. The average Bonchev–Trinajstić information content (AvgIpc) is 3.34. The van der Waals surface area contributed by atoms with Gasteiger partial charge in [-0.3, -0.25) is 4.79 Å². The molecule has 4 rings (SSSR count). The zero-order valence-electron chi connectivity index (χ0n) is 21.8. The molecular formula is C29H34FN3O6. The number of anilines is 1. The third-order valence-corrected chi connectivity index (χ3v) is 6.45. The van der Waals surface area contributed by atoms with Gasteiger partial charge in [-0.25, -0.2) is 4.39 Å². The number of methoxy groups -OCH3 is 1. The molecule has 3 unspecified atom stereocenters. The fraction of sp³-hybridized carbons (Fsp3) is 0.345. The Balaban J connectivity index is 1.29. The molecule has 0 fully saturated rings. The number of nitrogens with one attached hydrogen (secondary N) is 1. The topological polar surface area (TPSA) is 116 Å². The van der Waals surface area contributed by atoms with E-state index in [4.69, 9.17) is 24.7 Å². The van der Waals surface area contributed by atoms with Crippen LogP contribution in [0, 0.1) is 5.82 Å². The first-order valence-electron chi connectivity index (χ1n) is 12.8. The number of hydrogen-bond donors (Lipinski definition) is 3. The lowest BCUT2D eigenvalue weighted by Crippen LogP contribution is -2.47. The maximum absolute atomic E-state index is 13.3. The number of halogens is 1. The number of aliphatic hydroxyl groups excluding tert-OH is 1. The number of nitrogens with zero attached hydrogens (tertiary/aromatic N) is 1. The van der Waals surface area contributed by atoms with E-state index in [0.29, 0.717) is 54.8 Å². The second kappa shape index (κ2) is 13.8. The number of benzene rings is 3. The van der Waals surface area contributed by atoms with Gasteiger partial charge in [0.1, 0.15) is 42.7 Å². The van der Waals surface area contributed by atoms with Crippen molar-refractivity contribution in [1.82, 2.24) is 5.32 Å².